The van der Waals surface area contributed by atoms with Gasteiger partial charge in [-0.05, 0) is 17.7 Å². The average Bonchev–Trinajstić information content (AvgIpc) is 2.53. The molecule has 4 N–H and O–H groups in total. The summed E-state index contributed by atoms with van der Waals surface area (Å²) in [5, 5.41) is 12.3. The van der Waals surface area contributed by atoms with Crippen LogP contribution in [0.4, 0.5) is 5.69 Å². The highest BCUT2D eigenvalue weighted by Crippen LogP contribution is 2.26. The van der Waals surface area contributed by atoms with Gasteiger partial charge in [-0.15, -0.1) is 0 Å². The molecule has 5 heteroatoms. The minimum Gasteiger partial charge on any atom is -0.494 e. The van der Waals surface area contributed by atoms with Crippen LogP contribution in [0, 0.1) is 0 Å². The number of carbonyl (C=O) groups is 1. The van der Waals surface area contributed by atoms with E-state index in [1.165, 1.54) is 7.11 Å². The van der Waals surface area contributed by atoms with Gasteiger partial charge in [0.1, 0.15) is 0 Å². The van der Waals surface area contributed by atoms with Crippen LogP contribution in [0.1, 0.15) is 22.0 Å². The molecule has 0 aromatic heterocycles. The maximum atomic E-state index is 12.4. The number of nitrogens with one attached hydrogen (secondary N) is 1. The molecule has 2 rings (SSSR count). The third kappa shape index (κ3) is 3.32. The quantitative estimate of drug-likeness (QED) is 0.731. The van der Waals surface area contributed by atoms with Crippen molar-refractivity contribution in [3.8, 4) is 5.75 Å². The van der Waals surface area contributed by atoms with Crippen LogP contribution in [0.15, 0.2) is 48.5 Å². The molecule has 0 heterocycles. The van der Waals surface area contributed by atoms with Crippen molar-refractivity contribution < 1.29 is 14.6 Å². The molecule has 1 atom stereocenters. The molecular formula is C16H18N2O3. The molecule has 5 nitrogen and oxygen atoms in total. The van der Waals surface area contributed by atoms with Crippen molar-refractivity contribution >= 4 is 11.6 Å². The summed E-state index contributed by atoms with van der Waals surface area (Å²) in [5.74, 6) is -0.0122. The molecule has 2 aromatic carbocycles. The summed E-state index contributed by atoms with van der Waals surface area (Å²) in [6, 6.07) is 13.8. The second kappa shape index (κ2) is 6.76. The predicted molar refractivity (Wildman–Crippen MR) is 81.1 cm³/mol. The van der Waals surface area contributed by atoms with Gasteiger partial charge in [-0.2, -0.15) is 0 Å². The lowest BCUT2D eigenvalue weighted by molar-refractivity contribution is 0.0913. The molecule has 0 fully saturated rings. The van der Waals surface area contributed by atoms with Gasteiger partial charge in [0.15, 0.2) is 5.75 Å². The number of hydrogen-bond acceptors (Lipinski definition) is 4. The number of hydrogen-bond donors (Lipinski definition) is 3. The van der Waals surface area contributed by atoms with Crippen LogP contribution in [0.5, 0.6) is 5.75 Å². The molecule has 0 radical (unpaired) electrons. The van der Waals surface area contributed by atoms with Gasteiger partial charge in [-0.1, -0.05) is 36.4 Å². The highest BCUT2D eigenvalue weighted by Gasteiger charge is 2.18. The van der Waals surface area contributed by atoms with E-state index in [0.717, 1.165) is 5.56 Å². The number of para-hydroxylation sites is 1. The fourth-order valence-corrected chi connectivity index (χ4v) is 2.12. The lowest BCUT2D eigenvalue weighted by Gasteiger charge is -2.18. The fourth-order valence-electron chi connectivity index (χ4n) is 2.12. The lowest BCUT2D eigenvalue weighted by Crippen LogP contribution is -2.31. The Hall–Kier alpha value is -2.53. The summed E-state index contributed by atoms with van der Waals surface area (Å²) in [6.45, 7) is -0.194. The van der Waals surface area contributed by atoms with Crippen LogP contribution in [0.25, 0.3) is 0 Å². The number of aliphatic hydroxyl groups excluding tert-OH is 1. The number of aliphatic hydroxyl groups is 1. The highest BCUT2D eigenvalue weighted by molar-refractivity contribution is 5.98. The zero-order valence-corrected chi connectivity index (χ0v) is 11.7. The van der Waals surface area contributed by atoms with Gasteiger partial charge in [-0.25, -0.2) is 0 Å². The SMILES string of the molecule is COc1c(N)cccc1C(=O)NC(CO)c1ccccc1. The van der Waals surface area contributed by atoms with E-state index in [4.69, 9.17) is 10.5 Å². The maximum Gasteiger partial charge on any atom is 0.255 e. The van der Waals surface area contributed by atoms with Gasteiger partial charge in [0.05, 0.1) is 31.0 Å². The zero-order chi connectivity index (χ0) is 15.2. The zero-order valence-electron chi connectivity index (χ0n) is 11.7. The fraction of sp³-hybridized carbons (Fsp3) is 0.188. The van der Waals surface area contributed by atoms with Crippen LogP contribution in [0.3, 0.4) is 0 Å². The standard InChI is InChI=1S/C16H18N2O3/c1-21-15-12(8-5-9-13(15)17)16(20)18-14(10-19)11-6-3-2-4-7-11/h2-9,14,19H,10,17H2,1H3,(H,18,20). The van der Waals surface area contributed by atoms with Crippen molar-refractivity contribution in [1.82, 2.24) is 5.32 Å². The molecule has 0 aliphatic heterocycles. The smallest absolute Gasteiger partial charge is 0.255 e. The number of ether oxygens (including phenoxy) is 1. The third-order valence-corrected chi connectivity index (χ3v) is 3.18. The Morgan fingerprint density at radius 2 is 1.95 bits per heavy atom. The van der Waals surface area contributed by atoms with Gasteiger partial charge in [-0.3, -0.25) is 4.79 Å². The Balaban J connectivity index is 2.23. The van der Waals surface area contributed by atoms with E-state index in [9.17, 15) is 9.90 Å². The second-order valence-electron chi connectivity index (χ2n) is 4.55. The molecule has 1 amide bonds. The molecule has 0 bridgehead atoms. The van der Waals surface area contributed by atoms with Crippen molar-refractivity contribution in [2.45, 2.75) is 6.04 Å². The average molecular weight is 286 g/mol. The summed E-state index contributed by atoms with van der Waals surface area (Å²) in [7, 11) is 1.46. The summed E-state index contributed by atoms with van der Waals surface area (Å²) >= 11 is 0. The number of anilines is 1. The van der Waals surface area contributed by atoms with Crippen LogP contribution in [0.2, 0.25) is 0 Å². The van der Waals surface area contributed by atoms with E-state index < -0.39 is 6.04 Å². The molecule has 0 aliphatic rings. The Morgan fingerprint density at radius 1 is 1.24 bits per heavy atom. The molecule has 0 aliphatic carbocycles. The van der Waals surface area contributed by atoms with E-state index in [-0.39, 0.29) is 12.5 Å². The normalized spacial score (nSPS) is 11.7. The number of amides is 1. The molecule has 0 saturated heterocycles. The van der Waals surface area contributed by atoms with Crippen molar-refractivity contribution in [3.05, 3.63) is 59.7 Å². The highest BCUT2D eigenvalue weighted by atomic mass is 16.5. The summed E-state index contributed by atoms with van der Waals surface area (Å²) in [4.78, 5) is 12.4. The van der Waals surface area contributed by atoms with E-state index in [2.05, 4.69) is 5.32 Å². The Labute approximate surface area is 123 Å². The summed E-state index contributed by atoms with van der Waals surface area (Å²) in [5.41, 5.74) is 7.35. The van der Waals surface area contributed by atoms with Gasteiger partial charge >= 0.3 is 0 Å². The summed E-state index contributed by atoms with van der Waals surface area (Å²) < 4.78 is 5.17. The molecule has 21 heavy (non-hydrogen) atoms. The van der Waals surface area contributed by atoms with E-state index in [1.54, 1.807) is 18.2 Å². The van der Waals surface area contributed by atoms with E-state index in [1.807, 2.05) is 30.3 Å². The van der Waals surface area contributed by atoms with Crippen molar-refractivity contribution in [3.63, 3.8) is 0 Å². The first-order valence-corrected chi connectivity index (χ1v) is 6.56. The first-order valence-electron chi connectivity index (χ1n) is 6.56. The van der Waals surface area contributed by atoms with E-state index in [0.29, 0.717) is 17.0 Å². The first kappa shape index (κ1) is 14.9. The molecule has 110 valence electrons. The molecule has 0 saturated carbocycles. The van der Waals surface area contributed by atoms with Gasteiger partial charge in [0, 0.05) is 0 Å². The molecule has 0 spiro atoms. The van der Waals surface area contributed by atoms with Crippen molar-refractivity contribution in [2.24, 2.45) is 0 Å². The number of nitrogens with two attached hydrogens (primary N) is 1. The first-order chi connectivity index (χ1) is 10.2. The van der Waals surface area contributed by atoms with E-state index >= 15 is 0 Å². The number of benzene rings is 2. The number of rotatable bonds is 5. The summed E-state index contributed by atoms with van der Waals surface area (Å²) in [6.07, 6.45) is 0. The molecular weight excluding hydrogens is 268 g/mol. The lowest BCUT2D eigenvalue weighted by atomic mass is 10.1. The number of methoxy groups -OCH3 is 1. The van der Waals surface area contributed by atoms with Gasteiger partial charge in [0.2, 0.25) is 0 Å². The van der Waals surface area contributed by atoms with Gasteiger partial charge < -0.3 is 20.9 Å². The van der Waals surface area contributed by atoms with Crippen LogP contribution < -0.4 is 15.8 Å². The minimum absolute atomic E-state index is 0.194. The van der Waals surface area contributed by atoms with Crippen LogP contribution in [-0.4, -0.2) is 24.7 Å². The Bertz CT molecular complexity index is 614. The molecule has 1 unspecified atom stereocenters. The second-order valence-corrected chi connectivity index (χ2v) is 4.55. The number of nitrogen functional groups attached to an aromatic ring is 1. The third-order valence-electron chi connectivity index (χ3n) is 3.18. The van der Waals surface area contributed by atoms with Crippen molar-refractivity contribution in [1.29, 1.82) is 0 Å². The predicted octanol–water partition coefficient (Wildman–Crippen LogP) is 1.74. The van der Waals surface area contributed by atoms with Crippen LogP contribution >= 0.6 is 0 Å². The minimum atomic E-state index is -0.482. The van der Waals surface area contributed by atoms with Crippen LogP contribution in [-0.2, 0) is 0 Å². The number of carbonyl (C=O) groups excluding carboxylic acids is 1. The van der Waals surface area contributed by atoms with Crippen molar-refractivity contribution in [2.75, 3.05) is 19.5 Å². The largest absolute Gasteiger partial charge is 0.494 e. The molecule has 2 aromatic rings. The van der Waals surface area contributed by atoms with Gasteiger partial charge in [0.25, 0.3) is 5.91 Å². The topological polar surface area (TPSA) is 84.6 Å². The monoisotopic (exact) mass is 286 g/mol. The maximum absolute atomic E-state index is 12.4. The Kier molecular flexibility index (Phi) is 4.79. The Morgan fingerprint density at radius 3 is 2.57 bits per heavy atom.